The smallest absolute Gasteiger partial charge is 0.318 e. The van der Waals surface area contributed by atoms with Crippen LogP contribution in [0.5, 0.6) is 0 Å². The third-order valence-corrected chi connectivity index (χ3v) is 1.07. The van der Waals surface area contributed by atoms with E-state index in [0.717, 1.165) is 18.2 Å². The Labute approximate surface area is 79.8 Å². The highest BCUT2D eigenvalue weighted by Crippen LogP contribution is 2.25. The zero-order valence-corrected chi connectivity index (χ0v) is 7.98. The molecule has 0 saturated carbocycles. The van der Waals surface area contributed by atoms with Crippen LogP contribution in [0, 0.1) is 0 Å². The zero-order valence-electron chi connectivity index (χ0n) is 7.98. The van der Waals surface area contributed by atoms with Crippen molar-refractivity contribution in [2.45, 2.75) is 26.4 Å². The summed E-state index contributed by atoms with van der Waals surface area (Å²) >= 11 is 0. The molecule has 0 fully saturated rings. The van der Waals surface area contributed by atoms with Crippen LogP contribution in [0.15, 0.2) is 23.0 Å². The number of hydrogen-bond acceptors (Lipinski definition) is 1. The quantitative estimate of drug-likeness (QED) is 0.697. The number of aromatic nitrogens is 1. The van der Waals surface area contributed by atoms with Crippen LogP contribution in [0.4, 0.5) is 13.2 Å². The van der Waals surface area contributed by atoms with E-state index in [1.54, 1.807) is 4.98 Å². The number of pyridine rings is 1. The molecule has 0 amide bonds. The minimum Gasteiger partial charge on any atom is -0.318 e. The molecule has 0 aromatic carbocycles. The first kappa shape index (κ1) is 12.7. The Hall–Kier alpha value is -1.26. The molecular formula is C9H12F3NO. The summed E-state index contributed by atoms with van der Waals surface area (Å²) in [6.07, 6.45) is -3.22. The molecule has 14 heavy (non-hydrogen) atoms. The van der Waals surface area contributed by atoms with E-state index in [1.165, 1.54) is 6.42 Å². The predicted molar refractivity (Wildman–Crippen MR) is 48.0 cm³/mol. The number of halogens is 3. The molecule has 0 spiro atoms. The van der Waals surface area contributed by atoms with Crippen molar-refractivity contribution in [3.05, 3.63) is 34.2 Å². The number of rotatable bonds is 0. The zero-order chi connectivity index (χ0) is 11.2. The first-order valence-corrected chi connectivity index (χ1v) is 4.18. The van der Waals surface area contributed by atoms with Crippen molar-refractivity contribution in [2.24, 2.45) is 0 Å². The topological polar surface area (TPSA) is 32.9 Å². The molecule has 0 atom stereocenters. The molecule has 5 heteroatoms. The van der Waals surface area contributed by atoms with E-state index in [0.29, 0.717) is 0 Å². The normalized spacial score (nSPS) is 10.4. The first-order valence-electron chi connectivity index (χ1n) is 4.18. The SMILES string of the molecule is CCC.O=c1cccc(C(F)(F)F)[nH]1. The van der Waals surface area contributed by atoms with E-state index in [-0.39, 0.29) is 0 Å². The summed E-state index contributed by atoms with van der Waals surface area (Å²) in [5.41, 5.74) is -1.77. The van der Waals surface area contributed by atoms with Crippen molar-refractivity contribution >= 4 is 0 Å². The molecule has 0 saturated heterocycles. The Morgan fingerprint density at radius 2 is 1.79 bits per heavy atom. The highest BCUT2D eigenvalue weighted by molar-refractivity contribution is 5.06. The maximum atomic E-state index is 11.8. The fourth-order valence-corrected chi connectivity index (χ4v) is 0.613. The molecular weight excluding hydrogens is 195 g/mol. The molecule has 0 unspecified atom stereocenters. The fourth-order valence-electron chi connectivity index (χ4n) is 0.613. The second-order valence-electron chi connectivity index (χ2n) is 2.63. The van der Waals surface area contributed by atoms with Gasteiger partial charge in [-0.2, -0.15) is 13.2 Å². The Morgan fingerprint density at radius 1 is 1.29 bits per heavy atom. The van der Waals surface area contributed by atoms with Crippen LogP contribution in [-0.4, -0.2) is 4.98 Å². The van der Waals surface area contributed by atoms with Gasteiger partial charge in [0.2, 0.25) is 5.56 Å². The summed E-state index contributed by atoms with van der Waals surface area (Å²) in [6, 6.07) is 2.89. The van der Waals surface area contributed by atoms with Crippen LogP contribution in [0.1, 0.15) is 26.0 Å². The maximum Gasteiger partial charge on any atom is 0.431 e. The molecule has 1 aromatic heterocycles. The number of aromatic amines is 1. The lowest BCUT2D eigenvalue weighted by Crippen LogP contribution is -2.14. The standard InChI is InChI=1S/C6H4F3NO.C3H8/c7-6(8,9)4-2-1-3-5(11)10-4;1-3-2/h1-3H,(H,10,11);3H2,1-2H3. The van der Waals surface area contributed by atoms with Crippen molar-refractivity contribution in [3.63, 3.8) is 0 Å². The van der Waals surface area contributed by atoms with Crippen LogP contribution >= 0.6 is 0 Å². The lowest BCUT2D eigenvalue weighted by atomic mass is 10.3. The Morgan fingerprint density at radius 3 is 2.07 bits per heavy atom. The van der Waals surface area contributed by atoms with Gasteiger partial charge in [-0.25, -0.2) is 0 Å². The van der Waals surface area contributed by atoms with Gasteiger partial charge in [0.25, 0.3) is 0 Å². The van der Waals surface area contributed by atoms with E-state index in [2.05, 4.69) is 13.8 Å². The third kappa shape index (κ3) is 4.69. The summed E-state index contributed by atoms with van der Waals surface area (Å²) in [4.78, 5) is 12.0. The molecule has 1 heterocycles. The number of alkyl halides is 3. The van der Waals surface area contributed by atoms with Gasteiger partial charge >= 0.3 is 6.18 Å². The molecule has 0 aliphatic rings. The molecule has 0 bridgehead atoms. The summed E-state index contributed by atoms with van der Waals surface area (Å²) in [6.45, 7) is 4.25. The maximum absolute atomic E-state index is 11.8. The molecule has 0 radical (unpaired) electrons. The molecule has 80 valence electrons. The summed E-state index contributed by atoms with van der Waals surface area (Å²) in [5.74, 6) is 0. The van der Waals surface area contributed by atoms with Crippen molar-refractivity contribution in [3.8, 4) is 0 Å². The summed E-state index contributed by atoms with van der Waals surface area (Å²) in [5, 5.41) is 0. The van der Waals surface area contributed by atoms with Gasteiger partial charge in [-0.15, -0.1) is 0 Å². The predicted octanol–water partition coefficient (Wildman–Crippen LogP) is 2.81. The third-order valence-electron chi connectivity index (χ3n) is 1.07. The van der Waals surface area contributed by atoms with Crippen LogP contribution < -0.4 is 5.56 Å². The van der Waals surface area contributed by atoms with Crippen LogP contribution in [0.25, 0.3) is 0 Å². The molecule has 0 aliphatic heterocycles. The second-order valence-corrected chi connectivity index (χ2v) is 2.63. The Balaban J connectivity index is 0.000000500. The summed E-state index contributed by atoms with van der Waals surface area (Å²) < 4.78 is 35.4. The van der Waals surface area contributed by atoms with Crippen molar-refractivity contribution in [2.75, 3.05) is 0 Å². The number of H-pyrrole nitrogens is 1. The average Bonchev–Trinajstić information content (AvgIpc) is 2.04. The van der Waals surface area contributed by atoms with E-state index in [1.807, 2.05) is 0 Å². The van der Waals surface area contributed by atoms with Crippen molar-refractivity contribution in [1.29, 1.82) is 0 Å². The molecule has 2 nitrogen and oxygen atoms in total. The highest BCUT2D eigenvalue weighted by atomic mass is 19.4. The van der Waals surface area contributed by atoms with Crippen LogP contribution in [0.2, 0.25) is 0 Å². The van der Waals surface area contributed by atoms with Gasteiger partial charge < -0.3 is 4.98 Å². The van der Waals surface area contributed by atoms with E-state index < -0.39 is 17.4 Å². The molecule has 1 N–H and O–H groups in total. The minimum atomic E-state index is -4.47. The lowest BCUT2D eigenvalue weighted by Gasteiger charge is -2.03. The van der Waals surface area contributed by atoms with Gasteiger partial charge in [-0.1, -0.05) is 26.3 Å². The van der Waals surface area contributed by atoms with Gasteiger partial charge in [0.15, 0.2) is 0 Å². The second kappa shape index (κ2) is 5.47. The lowest BCUT2D eigenvalue weighted by molar-refractivity contribution is -0.141. The van der Waals surface area contributed by atoms with E-state index >= 15 is 0 Å². The number of nitrogens with one attached hydrogen (secondary N) is 1. The van der Waals surface area contributed by atoms with Crippen molar-refractivity contribution < 1.29 is 13.2 Å². The fraction of sp³-hybridized carbons (Fsp3) is 0.444. The van der Waals surface area contributed by atoms with Gasteiger partial charge in [0.05, 0.1) is 0 Å². The van der Waals surface area contributed by atoms with Gasteiger partial charge in [-0.05, 0) is 6.07 Å². The average molecular weight is 207 g/mol. The highest BCUT2D eigenvalue weighted by Gasteiger charge is 2.31. The van der Waals surface area contributed by atoms with E-state index in [9.17, 15) is 18.0 Å². The molecule has 0 aliphatic carbocycles. The largest absolute Gasteiger partial charge is 0.431 e. The Bertz CT molecular complexity index is 316. The van der Waals surface area contributed by atoms with Crippen LogP contribution in [-0.2, 0) is 6.18 Å². The van der Waals surface area contributed by atoms with Crippen LogP contribution in [0.3, 0.4) is 0 Å². The van der Waals surface area contributed by atoms with Crippen molar-refractivity contribution in [1.82, 2.24) is 4.98 Å². The first-order chi connectivity index (χ1) is 6.41. The molecule has 1 aromatic rings. The number of hydrogen-bond donors (Lipinski definition) is 1. The summed E-state index contributed by atoms with van der Waals surface area (Å²) in [7, 11) is 0. The van der Waals surface area contributed by atoms with Gasteiger partial charge in [-0.3, -0.25) is 4.79 Å². The van der Waals surface area contributed by atoms with E-state index in [4.69, 9.17) is 0 Å². The minimum absolute atomic E-state index is 0.750. The monoisotopic (exact) mass is 207 g/mol. The van der Waals surface area contributed by atoms with Gasteiger partial charge in [0, 0.05) is 6.07 Å². The van der Waals surface area contributed by atoms with Gasteiger partial charge in [0.1, 0.15) is 5.69 Å². The molecule has 1 rings (SSSR count). The Kier molecular flexibility index (Phi) is 4.97.